The molecular weight excluding hydrogens is 320 g/mol. The van der Waals surface area contributed by atoms with Gasteiger partial charge in [-0.05, 0) is 31.1 Å². The van der Waals surface area contributed by atoms with Gasteiger partial charge in [0.2, 0.25) is 0 Å². The first-order valence-electron chi connectivity index (χ1n) is 9.63. The highest BCUT2D eigenvalue weighted by molar-refractivity contribution is 5.87. The van der Waals surface area contributed by atoms with Gasteiger partial charge in [0.25, 0.3) is 0 Å². The maximum atomic E-state index is 12.8. The van der Waals surface area contributed by atoms with E-state index in [0.717, 1.165) is 32.1 Å². The Labute approximate surface area is 152 Å². The van der Waals surface area contributed by atoms with Gasteiger partial charge < -0.3 is 14.9 Å². The molecule has 0 unspecified atom stereocenters. The lowest BCUT2D eigenvalue weighted by molar-refractivity contribution is -0.151. The summed E-state index contributed by atoms with van der Waals surface area (Å²) in [5.41, 5.74) is -1.11. The number of hydrogen-bond donors (Lipinski definition) is 2. The second kappa shape index (κ2) is 9.67. The van der Waals surface area contributed by atoms with Gasteiger partial charge in [-0.25, -0.2) is 0 Å². The van der Waals surface area contributed by atoms with Gasteiger partial charge in [0.15, 0.2) is 0 Å². The Morgan fingerprint density at radius 1 is 1.00 bits per heavy atom. The van der Waals surface area contributed by atoms with Crippen LogP contribution in [0.15, 0.2) is 0 Å². The minimum Gasteiger partial charge on any atom is -0.466 e. The molecule has 25 heavy (non-hydrogen) atoms. The quantitative estimate of drug-likeness (QED) is 0.652. The number of Topliss-reactive ketones (excluding diaryl/α,β-unsaturated/α-hetero) is 1. The van der Waals surface area contributed by atoms with Crippen molar-refractivity contribution < 1.29 is 24.5 Å². The third-order valence-electron chi connectivity index (χ3n) is 5.80. The van der Waals surface area contributed by atoms with Crippen molar-refractivity contribution >= 4 is 11.8 Å². The lowest BCUT2D eigenvalue weighted by Gasteiger charge is -2.34. The molecule has 5 atom stereocenters. The molecule has 0 aromatic rings. The molecule has 0 aromatic heterocycles. The van der Waals surface area contributed by atoms with Crippen LogP contribution >= 0.6 is 0 Å². The van der Waals surface area contributed by atoms with Crippen molar-refractivity contribution in [2.75, 3.05) is 6.61 Å². The van der Waals surface area contributed by atoms with Crippen LogP contribution in [0.4, 0.5) is 0 Å². The van der Waals surface area contributed by atoms with Crippen LogP contribution in [-0.2, 0) is 14.3 Å². The van der Waals surface area contributed by atoms with Gasteiger partial charge in [0.05, 0.1) is 30.7 Å². The summed E-state index contributed by atoms with van der Waals surface area (Å²) < 4.78 is 5.20. The van der Waals surface area contributed by atoms with Gasteiger partial charge in [-0.1, -0.05) is 47.5 Å². The summed E-state index contributed by atoms with van der Waals surface area (Å²) in [4.78, 5) is 24.7. The van der Waals surface area contributed by atoms with Gasteiger partial charge in [-0.2, -0.15) is 0 Å². The third-order valence-corrected chi connectivity index (χ3v) is 5.80. The molecule has 1 aliphatic rings. The standard InChI is InChI=1S/C20H36O5/c1-13-8-6-10-14(2)18(23)15(3)19(24)20(4,5)16(21)12-17(22)25-11-7-9-13/h13-16,18,21,23H,6-12H2,1-5H3/t13-,14-,15+,16-,18-/m0/s1. The van der Waals surface area contributed by atoms with E-state index in [1.165, 1.54) is 0 Å². The molecule has 0 amide bonds. The molecule has 2 N–H and O–H groups in total. The summed E-state index contributed by atoms with van der Waals surface area (Å²) in [5.74, 6) is -0.709. The average molecular weight is 357 g/mol. The molecule has 146 valence electrons. The van der Waals surface area contributed by atoms with Gasteiger partial charge in [0, 0.05) is 5.92 Å². The molecule has 1 rings (SSSR count). The number of ketones is 1. The zero-order valence-corrected chi connectivity index (χ0v) is 16.5. The maximum absolute atomic E-state index is 12.8. The third kappa shape index (κ3) is 6.37. The number of aliphatic hydroxyl groups is 2. The zero-order valence-electron chi connectivity index (χ0n) is 16.5. The van der Waals surface area contributed by atoms with E-state index in [1.54, 1.807) is 20.8 Å². The summed E-state index contributed by atoms with van der Waals surface area (Å²) in [6.45, 7) is 9.49. The molecule has 0 radical (unpaired) electrons. The Morgan fingerprint density at radius 3 is 2.24 bits per heavy atom. The van der Waals surface area contributed by atoms with E-state index in [0.29, 0.717) is 12.5 Å². The van der Waals surface area contributed by atoms with Crippen LogP contribution in [-0.4, -0.2) is 40.8 Å². The Balaban J connectivity index is 2.90. The summed E-state index contributed by atoms with van der Waals surface area (Å²) in [7, 11) is 0. The second-order valence-corrected chi connectivity index (χ2v) is 8.46. The first-order chi connectivity index (χ1) is 11.6. The van der Waals surface area contributed by atoms with Gasteiger partial charge in [0.1, 0.15) is 5.78 Å². The van der Waals surface area contributed by atoms with Crippen LogP contribution in [0.2, 0.25) is 0 Å². The number of aliphatic hydroxyl groups excluding tert-OH is 2. The fraction of sp³-hybridized carbons (Fsp3) is 0.900. The fourth-order valence-electron chi connectivity index (χ4n) is 3.59. The molecule has 0 saturated carbocycles. The number of rotatable bonds is 0. The highest BCUT2D eigenvalue weighted by Gasteiger charge is 2.42. The van der Waals surface area contributed by atoms with Gasteiger partial charge in [-0.15, -0.1) is 0 Å². The number of esters is 1. The normalized spacial score (nSPS) is 36.7. The largest absolute Gasteiger partial charge is 0.466 e. The van der Waals surface area contributed by atoms with E-state index >= 15 is 0 Å². The molecule has 5 nitrogen and oxygen atoms in total. The summed E-state index contributed by atoms with van der Waals surface area (Å²) in [6, 6.07) is 0. The fourth-order valence-corrected chi connectivity index (χ4v) is 3.59. The molecule has 0 spiro atoms. The predicted octanol–water partition coefficient (Wildman–Crippen LogP) is 3.11. The Bertz CT molecular complexity index is 445. The topological polar surface area (TPSA) is 83.8 Å². The van der Waals surface area contributed by atoms with Crippen LogP contribution < -0.4 is 0 Å². The number of cyclic esters (lactones) is 1. The number of carbonyl (C=O) groups is 2. The molecule has 0 bridgehead atoms. The Kier molecular flexibility index (Phi) is 8.55. The van der Waals surface area contributed by atoms with Crippen molar-refractivity contribution in [3.8, 4) is 0 Å². The highest BCUT2D eigenvalue weighted by atomic mass is 16.5. The number of ether oxygens (including phenoxy) is 1. The summed E-state index contributed by atoms with van der Waals surface area (Å²) >= 11 is 0. The predicted molar refractivity (Wildman–Crippen MR) is 97.0 cm³/mol. The van der Waals surface area contributed by atoms with Crippen LogP contribution in [0.25, 0.3) is 0 Å². The molecule has 1 aliphatic heterocycles. The number of carbonyl (C=O) groups excluding carboxylic acids is 2. The van der Waals surface area contributed by atoms with Gasteiger partial charge >= 0.3 is 5.97 Å². The second-order valence-electron chi connectivity index (χ2n) is 8.46. The van der Waals surface area contributed by atoms with E-state index in [4.69, 9.17) is 4.74 Å². The molecule has 0 aromatic carbocycles. The van der Waals surface area contributed by atoms with Crippen molar-refractivity contribution in [3.63, 3.8) is 0 Å². The van der Waals surface area contributed by atoms with Crippen LogP contribution in [0.1, 0.15) is 73.1 Å². The first kappa shape index (κ1) is 22.1. The maximum Gasteiger partial charge on any atom is 0.308 e. The van der Waals surface area contributed by atoms with E-state index in [9.17, 15) is 19.8 Å². The smallest absolute Gasteiger partial charge is 0.308 e. The molecule has 0 aliphatic carbocycles. The average Bonchev–Trinajstić information content (AvgIpc) is 2.55. The van der Waals surface area contributed by atoms with Crippen LogP contribution in [0.3, 0.4) is 0 Å². The lowest BCUT2D eigenvalue weighted by Crippen LogP contribution is -2.45. The van der Waals surface area contributed by atoms with Crippen molar-refractivity contribution in [1.82, 2.24) is 0 Å². The Hall–Kier alpha value is -0.940. The lowest BCUT2D eigenvalue weighted by atomic mass is 9.73. The van der Waals surface area contributed by atoms with E-state index < -0.39 is 29.5 Å². The SMILES string of the molecule is C[C@@H]1CCCOC(=O)C[C@H](O)C(C)(C)C(=O)[C@H](C)[C@@H](O)[C@@H](C)CCC1. The molecule has 1 saturated heterocycles. The minimum absolute atomic E-state index is 0.0250. The van der Waals surface area contributed by atoms with E-state index in [-0.39, 0.29) is 18.1 Å². The highest BCUT2D eigenvalue weighted by Crippen LogP contribution is 2.32. The first-order valence-corrected chi connectivity index (χ1v) is 9.63. The monoisotopic (exact) mass is 356 g/mol. The zero-order chi connectivity index (χ0) is 19.2. The van der Waals surface area contributed by atoms with E-state index in [2.05, 4.69) is 6.92 Å². The Morgan fingerprint density at radius 2 is 1.60 bits per heavy atom. The van der Waals surface area contributed by atoms with Crippen molar-refractivity contribution in [2.24, 2.45) is 23.2 Å². The summed E-state index contributed by atoms with van der Waals surface area (Å²) in [6.07, 6.45) is 2.68. The molecule has 1 fully saturated rings. The minimum atomic E-state index is -1.12. The summed E-state index contributed by atoms with van der Waals surface area (Å²) in [5, 5.41) is 21.0. The number of hydrogen-bond acceptors (Lipinski definition) is 5. The van der Waals surface area contributed by atoms with Gasteiger partial charge in [-0.3, -0.25) is 9.59 Å². The van der Waals surface area contributed by atoms with Crippen LogP contribution in [0, 0.1) is 23.2 Å². The molecule has 5 heteroatoms. The van der Waals surface area contributed by atoms with E-state index in [1.807, 2.05) is 6.92 Å². The van der Waals surface area contributed by atoms with Crippen LogP contribution in [0.5, 0.6) is 0 Å². The molecule has 1 heterocycles. The van der Waals surface area contributed by atoms with Crippen molar-refractivity contribution in [2.45, 2.75) is 85.4 Å². The molecular formula is C20H36O5. The van der Waals surface area contributed by atoms with Crippen molar-refractivity contribution in [1.29, 1.82) is 0 Å². The van der Waals surface area contributed by atoms with Crippen molar-refractivity contribution in [3.05, 3.63) is 0 Å².